The minimum Gasteiger partial charge on any atom is -0.494 e. The van der Waals surface area contributed by atoms with E-state index in [2.05, 4.69) is 26.6 Å². The number of nitrogens with zero attached hydrogens (tertiary/aromatic N) is 1. The Kier molecular flexibility index (Phi) is 7.14. The summed E-state index contributed by atoms with van der Waals surface area (Å²) in [6.07, 6.45) is 0.897. The standard InChI is InChI=1S/C24H20BrN3O2S2/c1-2-12-30-17-7-5-6-15(13-17)22(29)28-24(31)27-19-11-10-16(25)14-18(19)23-26-20-8-3-4-9-21(20)32-23/h3-11,13-14H,2,12H2,1H3,(H2,27,28,29,31). The number of aromatic nitrogens is 1. The number of thiocarbonyl (C=S) groups is 1. The number of halogens is 1. The van der Waals surface area contributed by atoms with E-state index < -0.39 is 0 Å². The van der Waals surface area contributed by atoms with E-state index in [1.54, 1.807) is 29.5 Å². The molecule has 0 aliphatic carbocycles. The summed E-state index contributed by atoms with van der Waals surface area (Å²) in [4.78, 5) is 17.4. The van der Waals surface area contributed by atoms with Gasteiger partial charge in [-0.25, -0.2) is 4.98 Å². The zero-order chi connectivity index (χ0) is 22.5. The van der Waals surface area contributed by atoms with Gasteiger partial charge < -0.3 is 10.1 Å². The van der Waals surface area contributed by atoms with Gasteiger partial charge in [0.25, 0.3) is 5.91 Å². The van der Waals surface area contributed by atoms with Crippen molar-refractivity contribution < 1.29 is 9.53 Å². The number of hydrogen-bond donors (Lipinski definition) is 2. The second kappa shape index (κ2) is 10.2. The maximum atomic E-state index is 12.7. The van der Waals surface area contributed by atoms with Crippen LogP contribution in [0.5, 0.6) is 5.75 Å². The molecule has 4 rings (SSSR count). The molecule has 0 spiro atoms. The Morgan fingerprint density at radius 3 is 2.78 bits per heavy atom. The molecule has 1 aromatic heterocycles. The lowest BCUT2D eigenvalue weighted by atomic mass is 10.2. The van der Waals surface area contributed by atoms with Gasteiger partial charge in [0.1, 0.15) is 10.8 Å². The van der Waals surface area contributed by atoms with Gasteiger partial charge in [-0.15, -0.1) is 11.3 Å². The van der Waals surface area contributed by atoms with Gasteiger partial charge in [0, 0.05) is 15.6 Å². The molecule has 1 amide bonds. The van der Waals surface area contributed by atoms with Crippen molar-refractivity contribution in [2.75, 3.05) is 11.9 Å². The van der Waals surface area contributed by atoms with Gasteiger partial charge in [-0.1, -0.05) is 41.1 Å². The molecule has 162 valence electrons. The van der Waals surface area contributed by atoms with Crippen molar-refractivity contribution in [2.24, 2.45) is 0 Å². The van der Waals surface area contributed by atoms with E-state index in [0.29, 0.717) is 17.9 Å². The van der Waals surface area contributed by atoms with Crippen molar-refractivity contribution in [3.63, 3.8) is 0 Å². The molecule has 5 nitrogen and oxygen atoms in total. The molecule has 32 heavy (non-hydrogen) atoms. The number of para-hydroxylation sites is 1. The second-order valence-corrected chi connectivity index (χ2v) is 9.32. The number of benzene rings is 3. The quantitative estimate of drug-likeness (QED) is 0.276. The minimum absolute atomic E-state index is 0.208. The molecule has 0 unspecified atom stereocenters. The molecule has 0 bridgehead atoms. The third-order valence-corrected chi connectivity index (χ3v) is 6.32. The number of hydrogen-bond acceptors (Lipinski definition) is 5. The molecule has 3 aromatic carbocycles. The van der Waals surface area contributed by atoms with Crippen LogP contribution in [0.2, 0.25) is 0 Å². The Morgan fingerprint density at radius 2 is 1.97 bits per heavy atom. The van der Waals surface area contributed by atoms with Gasteiger partial charge in [0.05, 0.1) is 22.5 Å². The van der Waals surface area contributed by atoms with Crippen LogP contribution in [-0.4, -0.2) is 22.6 Å². The molecule has 0 aliphatic heterocycles. The summed E-state index contributed by atoms with van der Waals surface area (Å²) in [5.41, 5.74) is 3.08. The number of ether oxygens (including phenoxy) is 1. The fraction of sp³-hybridized carbons (Fsp3) is 0.125. The van der Waals surface area contributed by atoms with E-state index in [-0.39, 0.29) is 11.0 Å². The number of carbonyl (C=O) groups excluding carboxylic acids is 1. The van der Waals surface area contributed by atoms with Crippen molar-refractivity contribution in [1.29, 1.82) is 0 Å². The van der Waals surface area contributed by atoms with Crippen molar-refractivity contribution in [3.8, 4) is 16.3 Å². The zero-order valence-corrected chi connectivity index (χ0v) is 20.4. The Labute approximate surface area is 204 Å². The molecule has 0 saturated heterocycles. The smallest absolute Gasteiger partial charge is 0.257 e. The van der Waals surface area contributed by atoms with Gasteiger partial charge in [-0.05, 0) is 67.2 Å². The zero-order valence-electron chi connectivity index (χ0n) is 17.2. The summed E-state index contributed by atoms with van der Waals surface area (Å²) >= 11 is 10.6. The maximum absolute atomic E-state index is 12.7. The van der Waals surface area contributed by atoms with Gasteiger partial charge in [0.15, 0.2) is 5.11 Å². The Balaban J connectivity index is 1.52. The van der Waals surface area contributed by atoms with E-state index in [0.717, 1.165) is 37.4 Å². The lowest BCUT2D eigenvalue weighted by Gasteiger charge is -2.13. The van der Waals surface area contributed by atoms with Crippen LogP contribution < -0.4 is 15.4 Å². The van der Waals surface area contributed by atoms with Crippen LogP contribution in [0.1, 0.15) is 23.7 Å². The Morgan fingerprint density at radius 1 is 1.12 bits per heavy atom. The van der Waals surface area contributed by atoms with Crippen LogP contribution in [0.4, 0.5) is 5.69 Å². The average Bonchev–Trinajstić information content (AvgIpc) is 3.23. The highest BCUT2D eigenvalue weighted by molar-refractivity contribution is 9.10. The molecule has 1 heterocycles. The summed E-state index contributed by atoms with van der Waals surface area (Å²) in [5, 5.41) is 6.96. The third-order valence-electron chi connectivity index (χ3n) is 4.55. The van der Waals surface area contributed by atoms with E-state index in [1.807, 2.05) is 55.5 Å². The Bertz CT molecular complexity index is 1260. The molecule has 0 fully saturated rings. The molecular formula is C24H20BrN3O2S2. The van der Waals surface area contributed by atoms with Gasteiger partial charge >= 0.3 is 0 Å². The van der Waals surface area contributed by atoms with Crippen LogP contribution in [-0.2, 0) is 0 Å². The molecule has 0 radical (unpaired) electrons. The monoisotopic (exact) mass is 525 g/mol. The first-order valence-corrected chi connectivity index (χ1v) is 12.1. The van der Waals surface area contributed by atoms with Crippen molar-refractivity contribution >= 4 is 66.4 Å². The van der Waals surface area contributed by atoms with Crippen molar-refractivity contribution in [2.45, 2.75) is 13.3 Å². The fourth-order valence-corrected chi connectivity index (χ4v) is 4.63. The third kappa shape index (κ3) is 5.32. The first-order chi connectivity index (χ1) is 15.5. The summed E-state index contributed by atoms with van der Waals surface area (Å²) in [6.45, 7) is 2.63. The van der Waals surface area contributed by atoms with E-state index in [4.69, 9.17) is 21.9 Å². The highest BCUT2D eigenvalue weighted by Crippen LogP contribution is 2.36. The van der Waals surface area contributed by atoms with Crippen LogP contribution >= 0.6 is 39.5 Å². The van der Waals surface area contributed by atoms with Gasteiger partial charge in [0.2, 0.25) is 0 Å². The number of thiazole rings is 1. The summed E-state index contributed by atoms with van der Waals surface area (Å²) in [5.74, 6) is 0.354. The topological polar surface area (TPSA) is 63.2 Å². The number of fused-ring (bicyclic) bond motifs is 1. The highest BCUT2D eigenvalue weighted by atomic mass is 79.9. The average molecular weight is 526 g/mol. The van der Waals surface area contributed by atoms with Gasteiger partial charge in [-0.2, -0.15) is 0 Å². The summed E-state index contributed by atoms with van der Waals surface area (Å²) in [7, 11) is 0. The number of nitrogens with one attached hydrogen (secondary N) is 2. The molecule has 4 aromatic rings. The Hall–Kier alpha value is -2.81. The predicted molar refractivity (Wildman–Crippen MR) is 139 cm³/mol. The SMILES string of the molecule is CCCOc1cccc(C(=O)NC(=S)Nc2ccc(Br)cc2-c2nc3ccccc3s2)c1. The van der Waals surface area contributed by atoms with E-state index in [1.165, 1.54) is 0 Å². The highest BCUT2D eigenvalue weighted by Gasteiger charge is 2.14. The molecular weight excluding hydrogens is 506 g/mol. The number of anilines is 1. The summed E-state index contributed by atoms with van der Waals surface area (Å²) < 4.78 is 7.64. The predicted octanol–water partition coefficient (Wildman–Crippen LogP) is 6.64. The van der Waals surface area contributed by atoms with E-state index >= 15 is 0 Å². The van der Waals surface area contributed by atoms with Crippen LogP contribution in [0.3, 0.4) is 0 Å². The fourth-order valence-electron chi connectivity index (χ4n) is 3.07. The largest absolute Gasteiger partial charge is 0.494 e. The second-order valence-electron chi connectivity index (χ2n) is 6.96. The molecule has 0 atom stereocenters. The number of amides is 1. The van der Waals surface area contributed by atoms with Crippen molar-refractivity contribution in [3.05, 3.63) is 76.8 Å². The normalized spacial score (nSPS) is 10.7. The van der Waals surface area contributed by atoms with Crippen LogP contribution in [0, 0.1) is 0 Å². The number of carbonyl (C=O) groups is 1. The summed E-state index contributed by atoms with van der Waals surface area (Å²) in [6, 6.07) is 20.9. The maximum Gasteiger partial charge on any atom is 0.257 e. The van der Waals surface area contributed by atoms with Gasteiger partial charge in [-0.3, -0.25) is 10.1 Å². The van der Waals surface area contributed by atoms with E-state index in [9.17, 15) is 4.79 Å². The lowest BCUT2D eigenvalue weighted by Crippen LogP contribution is -2.34. The molecule has 8 heteroatoms. The lowest BCUT2D eigenvalue weighted by molar-refractivity contribution is 0.0977. The number of rotatable bonds is 6. The molecule has 0 aliphatic rings. The minimum atomic E-state index is -0.303. The first kappa shape index (κ1) is 22.4. The van der Waals surface area contributed by atoms with Crippen LogP contribution in [0.15, 0.2) is 71.2 Å². The first-order valence-electron chi connectivity index (χ1n) is 10.0. The van der Waals surface area contributed by atoms with Crippen molar-refractivity contribution in [1.82, 2.24) is 10.3 Å². The molecule has 0 saturated carbocycles. The molecule has 2 N–H and O–H groups in total. The van der Waals surface area contributed by atoms with Crippen LogP contribution in [0.25, 0.3) is 20.8 Å².